The molecule has 3 rings (SSSR count). The first kappa shape index (κ1) is 35.1. The van der Waals surface area contributed by atoms with E-state index in [1.807, 2.05) is 6.07 Å². The van der Waals surface area contributed by atoms with E-state index in [0.717, 1.165) is 11.0 Å². The zero-order valence-electron chi connectivity index (χ0n) is 24.3. The number of carboxylic acids is 1. The summed E-state index contributed by atoms with van der Waals surface area (Å²) in [5.74, 6) is -3.51. The molecule has 0 aliphatic rings. The number of carbonyl (C=O) groups excluding carboxylic acids is 2. The number of hydrogen-bond donors (Lipinski definition) is 3. The van der Waals surface area contributed by atoms with Crippen LogP contribution in [0.5, 0.6) is 11.5 Å². The molecule has 46 heavy (non-hydrogen) atoms. The number of aryl methyl sites for hydroxylation is 1. The van der Waals surface area contributed by atoms with Gasteiger partial charge in [-0.05, 0) is 60.0 Å². The Labute approximate surface area is 260 Å². The number of nitrogens with one attached hydrogen (secondary N) is 2. The average Bonchev–Trinajstić information content (AvgIpc) is 3.01. The average molecular weight is 649 g/mol. The molecule has 3 N–H and O–H groups in total. The van der Waals surface area contributed by atoms with Crippen molar-refractivity contribution >= 4 is 29.7 Å². The fourth-order valence-corrected chi connectivity index (χ4v) is 4.29. The van der Waals surface area contributed by atoms with Crippen LogP contribution in [0.1, 0.15) is 34.7 Å². The molecule has 0 fully saturated rings. The first-order valence-electron chi connectivity index (χ1n) is 13.6. The van der Waals surface area contributed by atoms with Crippen molar-refractivity contribution in [2.75, 3.05) is 30.9 Å². The van der Waals surface area contributed by atoms with Gasteiger partial charge in [0.2, 0.25) is 12.3 Å². The topological polar surface area (TPSA) is 141 Å². The molecule has 244 valence electrons. The van der Waals surface area contributed by atoms with E-state index in [1.165, 1.54) is 55.6 Å². The second kappa shape index (κ2) is 16.6. The van der Waals surface area contributed by atoms with Gasteiger partial charge in [0.05, 0.1) is 11.6 Å². The fraction of sp³-hybridized carbons (Fsp3) is 0.290. The van der Waals surface area contributed by atoms with Gasteiger partial charge in [-0.2, -0.15) is 5.26 Å². The third-order valence-electron chi connectivity index (χ3n) is 6.33. The summed E-state index contributed by atoms with van der Waals surface area (Å²) in [5.41, 5.74) is 1.14. The van der Waals surface area contributed by atoms with E-state index >= 15 is 0 Å². The van der Waals surface area contributed by atoms with Crippen LogP contribution in [-0.2, 0) is 27.3 Å². The van der Waals surface area contributed by atoms with Crippen LogP contribution in [0, 0.1) is 17.1 Å². The molecule has 0 saturated carbocycles. The van der Waals surface area contributed by atoms with Gasteiger partial charge in [-0.25, -0.2) is 26.7 Å². The number of benzene rings is 3. The molecule has 0 radical (unpaired) electrons. The molecular weight excluding hydrogens is 619 g/mol. The van der Waals surface area contributed by atoms with Crippen LogP contribution in [0.2, 0.25) is 0 Å². The number of amides is 2. The highest BCUT2D eigenvalue weighted by molar-refractivity contribution is 5.91. The molecule has 0 aliphatic carbocycles. The lowest BCUT2D eigenvalue weighted by molar-refractivity contribution is -0.138. The van der Waals surface area contributed by atoms with Crippen molar-refractivity contribution in [1.82, 2.24) is 4.90 Å². The van der Waals surface area contributed by atoms with E-state index in [-0.39, 0.29) is 47.5 Å². The number of carbonyl (C=O) groups is 3. The second-order valence-electron chi connectivity index (χ2n) is 9.89. The van der Waals surface area contributed by atoms with Crippen molar-refractivity contribution in [2.45, 2.75) is 38.3 Å². The minimum atomic E-state index is -2.89. The number of carboxylic acid groups (broad SMARTS) is 1. The molecule has 0 aliphatic heterocycles. The maximum Gasteiger partial charge on any atom is 0.330 e. The summed E-state index contributed by atoms with van der Waals surface area (Å²) in [7, 11) is 1.36. The monoisotopic (exact) mass is 648 g/mol. The number of alkyl halides is 4. The van der Waals surface area contributed by atoms with Crippen LogP contribution >= 0.6 is 0 Å². The predicted molar refractivity (Wildman–Crippen MR) is 155 cm³/mol. The van der Waals surface area contributed by atoms with Crippen LogP contribution in [0.3, 0.4) is 0 Å². The summed E-state index contributed by atoms with van der Waals surface area (Å²) in [6.45, 7) is -2.27. The maximum absolute atomic E-state index is 14.8. The summed E-state index contributed by atoms with van der Waals surface area (Å²) in [6, 6.07) is 12.9. The molecule has 10 nitrogen and oxygen atoms in total. The zero-order chi connectivity index (χ0) is 33.8. The smallest absolute Gasteiger partial charge is 0.330 e. The van der Waals surface area contributed by atoms with Crippen molar-refractivity contribution in [3.05, 3.63) is 82.7 Å². The number of rotatable bonds is 17. The number of anilines is 2. The van der Waals surface area contributed by atoms with Gasteiger partial charge < -0.3 is 30.1 Å². The number of nitrogens with zero attached hydrogens (tertiary/aromatic N) is 2. The molecule has 0 saturated heterocycles. The number of ether oxygens (including phenoxy) is 2. The van der Waals surface area contributed by atoms with E-state index in [1.54, 1.807) is 0 Å². The maximum atomic E-state index is 14.8. The third kappa shape index (κ3) is 10.4. The van der Waals surface area contributed by atoms with Gasteiger partial charge in [0, 0.05) is 43.0 Å². The molecule has 15 heteroatoms. The lowest BCUT2D eigenvalue weighted by Gasteiger charge is -2.19. The molecule has 1 atom stereocenters. The van der Waals surface area contributed by atoms with E-state index in [9.17, 15) is 41.4 Å². The minimum absolute atomic E-state index is 0.00914. The summed E-state index contributed by atoms with van der Waals surface area (Å²) in [4.78, 5) is 37.2. The zero-order valence-corrected chi connectivity index (χ0v) is 24.3. The van der Waals surface area contributed by atoms with Crippen molar-refractivity contribution in [1.29, 1.82) is 5.26 Å². The van der Waals surface area contributed by atoms with Crippen molar-refractivity contribution in [3.63, 3.8) is 0 Å². The normalized spacial score (nSPS) is 11.5. The highest BCUT2D eigenvalue weighted by Gasteiger charge is 2.22. The first-order chi connectivity index (χ1) is 21.9. The number of nitriles is 1. The third-order valence-corrected chi connectivity index (χ3v) is 6.33. The van der Waals surface area contributed by atoms with E-state index < -0.39 is 55.5 Å². The van der Waals surface area contributed by atoms with Crippen LogP contribution < -0.4 is 20.1 Å². The predicted octanol–water partition coefficient (Wildman–Crippen LogP) is 5.38. The van der Waals surface area contributed by atoms with Crippen LogP contribution in [0.25, 0.3) is 0 Å². The fourth-order valence-electron chi connectivity index (χ4n) is 4.29. The van der Waals surface area contributed by atoms with E-state index in [2.05, 4.69) is 10.6 Å². The van der Waals surface area contributed by atoms with Gasteiger partial charge in [-0.1, -0.05) is 6.07 Å². The van der Waals surface area contributed by atoms with E-state index in [4.69, 9.17) is 14.7 Å². The van der Waals surface area contributed by atoms with Gasteiger partial charge >= 0.3 is 5.97 Å². The molecule has 0 heterocycles. The Hall–Kier alpha value is -5.39. The van der Waals surface area contributed by atoms with Crippen molar-refractivity contribution in [2.24, 2.45) is 0 Å². The Morgan fingerprint density at radius 2 is 1.65 bits per heavy atom. The molecule has 1 unspecified atom stereocenters. The quantitative estimate of drug-likeness (QED) is 0.131. The number of halogens is 5. The Morgan fingerprint density at radius 3 is 2.26 bits per heavy atom. The Bertz CT molecular complexity index is 1570. The highest BCUT2D eigenvalue weighted by Crippen LogP contribution is 2.30. The van der Waals surface area contributed by atoms with Gasteiger partial charge in [0.25, 0.3) is 12.9 Å². The molecule has 3 aromatic carbocycles. The SMILES string of the molecule is CN(C=O)Cc1cc(NC(=O)CCc2cc(C(Nc3ccc(C#N)cc3)C(=O)O)ccc2OCC(F)F)cc(F)c1OCC(F)F. The minimum Gasteiger partial charge on any atom is -0.487 e. The largest absolute Gasteiger partial charge is 0.487 e. The lowest BCUT2D eigenvalue weighted by Crippen LogP contribution is -2.21. The Balaban J connectivity index is 1.83. The molecule has 3 aromatic rings. The molecule has 2 amide bonds. The summed E-state index contributed by atoms with van der Waals surface area (Å²) >= 11 is 0. The number of aliphatic carboxylic acids is 1. The molecular formula is C31H29F5N4O6. The van der Waals surface area contributed by atoms with Crippen LogP contribution in [0.4, 0.5) is 33.3 Å². The van der Waals surface area contributed by atoms with Gasteiger partial charge in [0.15, 0.2) is 17.6 Å². The second-order valence-corrected chi connectivity index (χ2v) is 9.89. The van der Waals surface area contributed by atoms with Gasteiger partial charge in [-0.15, -0.1) is 0 Å². The molecule has 0 bridgehead atoms. The van der Waals surface area contributed by atoms with Crippen LogP contribution in [-0.4, -0.2) is 61.4 Å². The summed E-state index contributed by atoms with van der Waals surface area (Å²) in [6.07, 6.45) is -5.67. The van der Waals surface area contributed by atoms with E-state index in [0.29, 0.717) is 17.7 Å². The van der Waals surface area contributed by atoms with Crippen LogP contribution in [0.15, 0.2) is 54.6 Å². The lowest BCUT2D eigenvalue weighted by atomic mass is 9.99. The molecule has 0 aromatic heterocycles. The summed E-state index contributed by atoms with van der Waals surface area (Å²) < 4.78 is 76.1. The summed E-state index contributed by atoms with van der Waals surface area (Å²) in [5, 5.41) is 24.2. The van der Waals surface area contributed by atoms with Gasteiger partial charge in [0.1, 0.15) is 19.0 Å². The number of hydrogen-bond acceptors (Lipinski definition) is 7. The first-order valence-corrected chi connectivity index (χ1v) is 13.6. The van der Waals surface area contributed by atoms with Crippen molar-refractivity contribution in [3.8, 4) is 17.6 Å². The Kier molecular flexibility index (Phi) is 12.7. The molecule has 0 spiro atoms. The van der Waals surface area contributed by atoms with Gasteiger partial charge in [-0.3, -0.25) is 9.59 Å². The Morgan fingerprint density at radius 1 is 0.978 bits per heavy atom. The highest BCUT2D eigenvalue weighted by atomic mass is 19.3. The standard InChI is InChI=1S/C31H29F5N4O6/c1-40(17-41)14-21-11-23(12-24(32)30(21)46-16-27(35)36)38-28(42)9-5-19-10-20(4-8-25(19)45-15-26(33)34)29(31(43)44)39-22-6-2-18(13-37)3-7-22/h2-4,6-8,10-12,17,26-27,29,39H,5,9,14-16H2,1H3,(H,38,42)(H,43,44). The van der Waals surface area contributed by atoms with Crippen molar-refractivity contribution < 1.29 is 50.9 Å².